The van der Waals surface area contributed by atoms with Gasteiger partial charge in [-0.3, -0.25) is 24.0 Å². The zero-order valence-electron chi connectivity index (χ0n) is 27.9. The van der Waals surface area contributed by atoms with Gasteiger partial charge in [-0.05, 0) is 80.0 Å². The summed E-state index contributed by atoms with van der Waals surface area (Å²) in [5.74, 6) is -3.78. The molecule has 0 spiro atoms. The molecule has 2 aliphatic rings. The van der Waals surface area contributed by atoms with Crippen LogP contribution in [-0.2, 0) is 43.1 Å². The third kappa shape index (κ3) is 5.66. The Labute approximate surface area is 277 Å². The summed E-state index contributed by atoms with van der Waals surface area (Å²) in [6.07, 6.45) is 5.01. The van der Waals surface area contributed by atoms with Crippen LogP contribution in [0.3, 0.4) is 0 Å². The number of hydrogen-bond acceptors (Lipinski definition) is 8. The minimum atomic E-state index is -1.20. The van der Waals surface area contributed by atoms with E-state index in [0.717, 1.165) is 39.8 Å². The van der Waals surface area contributed by atoms with Crippen molar-refractivity contribution in [3.05, 3.63) is 97.0 Å². The molecule has 5 N–H and O–H groups in total. The molecular formula is C36H40N4O8. The first-order valence-corrected chi connectivity index (χ1v) is 15.7. The molecule has 2 atom stereocenters. The Morgan fingerprint density at radius 3 is 2.21 bits per heavy atom. The van der Waals surface area contributed by atoms with E-state index < -0.39 is 29.6 Å². The Kier molecular flexibility index (Phi) is 9.58. The van der Waals surface area contributed by atoms with Gasteiger partial charge in [-0.1, -0.05) is 12.7 Å². The molecule has 0 bridgehead atoms. The van der Waals surface area contributed by atoms with Crippen LogP contribution < -0.4 is 5.32 Å². The number of aliphatic hydroxyl groups excluding tert-OH is 1. The average molecular weight is 657 g/mol. The van der Waals surface area contributed by atoms with Crippen molar-refractivity contribution in [3.63, 3.8) is 0 Å². The zero-order chi connectivity index (χ0) is 35.0. The number of nitrogens with one attached hydrogen (secondary N) is 4. The summed E-state index contributed by atoms with van der Waals surface area (Å²) in [6, 6.07) is 0. The third-order valence-corrected chi connectivity index (χ3v) is 9.71. The fourth-order valence-electron chi connectivity index (χ4n) is 7.04. The highest BCUT2D eigenvalue weighted by Crippen LogP contribution is 2.47. The second-order valence-electron chi connectivity index (χ2n) is 12.1. The first kappa shape index (κ1) is 34.1. The molecule has 12 nitrogen and oxygen atoms in total. The first-order valence-electron chi connectivity index (χ1n) is 15.7. The molecule has 1 amide bonds. The number of aldehydes is 1. The van der Waals surface area contributed by atoms with E-state index in [1.54, 1.807) is 6.08 Å². The molecule has 0 saturated heterocycles. The molecular weight excluding hydrogens is 616 g/mol. The van der Waals surface area contributed by atoms with Gasteiger partial charge in [0.05, 0.1) is 25.8 Å². The smallest absolute Gasteiger partial charge is 0.317 e. The van der Waals surface area contributed by atoms with Gasteiger partial charge in [-0.15, -0.1) is 0 Å². The first-order chi connectivity index (χ1) is 22.9. The maximum atomic E-state index is 14.1. The monoisotopic (exact) mass is 656 g/mol. The van der Waals surface area contributed by atoms with Crippen molar-refractivity contribution in [2.45, 2.75) is 59.3 Å². The number of amides is 1. The maximum absolute atomic E-state index is 14.1. The third-order valence-electron chi connectivity index (χ3n) is 9.71. The van der Waals surface area contributed by atoms with Crippen molar-refractivity contribution in [2.75, 3.05) is 20.8 Å². The molecule has 0 fully saturated rings. The van der Waals surface area contributed by atoms with Crippen molar-refractivity contribution in [1.29, 1.82) is 0 Å². The number of esters is 2. The van der Waals surface area contributed by atoms with Crippen molar-refractivity contribution in [3.8, 4) is 0 Å². The highest BCUT2D eigenvalue weighted by atomic mass is 16.5. The number of hydrogen-bond donors (Lipinski definition) is 5. The lowest BCUT2D eigenvalue weighted by atomic mass is 9.87. The molecule has 5 rings (SSSR count). The lowest BCUT2D eigenvalue weighted by Gasteiger charge is -2.19. The molecule has 48 heavy (non-hydrogen) atoms. The lowest BCUT2D eigenvalue weighted by Crippen LogP contribution is -2.27. The highest BCUT2D eigenvalue weighted by Gasteiger charge is 2.50. The quantitative estimate of drug-likeness (QED) is 0.111. The van der Waals surface area contributed by atoms with Gasteiger partial charge in [0.2, 0.25) is 0 Å². The topological polar surface area (TPSA) is 183 Å². The van der Waals surface area contributed by atoms with E-state index in [1.807, 2.05) is 27.7 Å². The van der Waals surface area contributed by atoms with Gasteiger partial charge in [0.1, 0.15) is 5.92 Å². The van der Waals surface area contributed by atoms with E-state index in [1.165, 1.54) is 20.3 Å². The number of rotatable bonds is 12. The van der Waals surface area contributed by atoms with E-state index in [9.17, 15) is 29.1 Å². The van der Waals surface area contributed by atoms with Gasteiger partial charge in [-0.2, -0.15) is 0 Å². The number of allylic oxidation sites excluding steroid dienone is 1. The van der Waals surface area contributed by atoms with Crippen LogP contribution in [0.25, 0.3) is 6.08 Å². The van der Waals surface area contributed by atoms with Gasteiger partial charge >= 0.3 is 11.9 Å². The summed E-state index contributed by atoms with van der Waals surface area (Å²) in [5, 5.41) is 12.6. The predicted molar refractivity (Wildman–Crippen MR) is 177 cm³/mol. The fraction of sp³-hybridized carbons (Fsp3) is 0.361. The van der Waals surface area contributed by atoms with Crippen LogP contribution >= 0.6 is 0 Å². The molecule has 252 valence electrons. The van der Waals surface area contributed by atoms with Crippen LogP contribution in [0.4, 0.5) is 0 Å². The zero-order valence-corrected chi connectivity index (χ0v) is 27.9. The molecule has 3 aromatic heterocycles. The number of ketones is 1. The van der Waals surface area contributed by atoms with E-state index in [-0.39, 0.29) is 25.4 Å². The minimum absolute atomic E-state index is 0.0543. The molecule has 1 aliphatic carbocycles. The average Bonchev–Trinajstić information content (AvgIpc) is 3.81. The van der Waals surface area contributed by atoms with Gasteiger partial charge in [0.15, 0.2) is 12.1 Å². The summed E-state index contributed by atoms with van der Waals surface area (Å²) in [4.78, 5) is 74.0. The normalized spacial score (nSPS) is 18.0. The van der Waals surface area contributed by atoms with Gasteiger partial charge in [0.25, 0.3) is 5.91 Å². The molecule has 3 aromatic rings. The highest BCUT2D eigenvalue weighted by molar-refractivity contribution is 6.14. The van der Waals surface area contributed by atoms with Crippen LogP contribution in [-0.4, -0.2) is 70.8 Å². The van der Waals surface area contributed by atoms with Crippen molar-refractivity contribution >= 4 is 36.0 Å². The number of carbonyl (C=O) groups is 5. The number of methoxy groups -OCH3 is 2. The van der Waals surface area contributed by atoms with Crippen molar-refractivity contribution in [2.24, 2.45) is 5.92 Å². The van der Waals surface area contributed by atoms with E-state index in [2.05, 4.69) is 26.8 Å². The second kappa shape index (κ2) is 13.5. The Balaban J connectivity index is 1.68. The lowest BCUT2D eigenvalue weighted by molar-refractivity contribution is -0.144. The van der Waals surface area contributed by atoms with Crippen LogP contribution in [0.2, 0.25) is 0 Å². The summed E-state index contributed by atoms with van der Waals surface area (Å²) in [5.41, 5.74) is 9.51. The Morgan fingerprint density at radius 2 is 1.60 bits per heavy atom. The fourth-order valence-corrected chi connectivity index (χ4v) is 7.04. The largest absolute Gasteiger partial charge is 0.469 e. The van der Waals surface area contributed by atoms with E-state index in [4.69, 9.17) is 9.47 Å². The number of aromatic nitrogens is 3. The molecule has 12 heteroatoms. The van der Waals surface area contributed by atoms with Crippen LogP contribution in [0.1, 0.15) is 96.4 Å². The number of ether oxygens (including phenoxy) is 2. The number of fused-ring (bicyclic) bond motifs is 1. The van der Waals surface area contributed by atoms with Crippen LogP contribution in [0, 0.1) is 26.7 Å². The Hall–Kier alpha value is -5.23. The molecule has 4 heterocycles. The number of aliphatic hydroxyl groups is 1. The Morgan fingerprint density at radius 1 is 0.896 bits per heavy atom. The molecule has 0 unspecified atom stereocenters. The summed E-state index contributed by atoms with van der Waals surface area (Å²) in [6.45, 7) is 11.0. The molecule has 0 saturated carbocycles. The molecule has 0 aromatic carbocycles. The van der Waals surface area contributed by atoms with Crippen LogP contribution in [0.15, 0.2) is 29.5 Å². The minimum Gasteiger partial charge on any atom is -0.469 e. The predicted octanol–water partition coefficient (Wildman–Crippen LogP) is 3.73. The van der Waals surface area contributed by atoms with Gasteiger partial charge < -0.3 is 34.8 Å². The van der Waals surface area contributed by atoms with Gasteiger partial charge in [0, 0.05) is 64.8 Å². The van der Waals surface area contributed by atoms with E-state index >= 15 is 0 Å². The number of H-pyrrole nitrogens is 3. The number of carbonyl (C=O) groups excluding carboxylic acids is 5. The molecule has 1 aliphatic heterocycles. The van der Waals surface area contributed by atoms with Crippen LogP contribution in [0.5, 0.6) is 0 Å². The number of aromatic amines is 3. The summed E-state index contributed by atoms with van der Waals surface area (Å²) < 4.78 is 10.1. The second-order valence-corrected chi connectivity index (χ2v) is 12.1. The number of Topliss-reactive ketones (excluding diaryl/α,β-unsaturated/α-hetero) is 1. The van der Waals surface area contributed by atoms with Gasteiger partial charge in [-0.25, -0.2) is 0 Å². The van der Waals surface area contributed by atoms with Crippen molar-refractivity contribution < 1.29 is 38.6 Å². The summed E-state index contributed by atoms with van der Waals surface area (Å²) in [7, 11) is 2.55. The van der Waals surface area contributed by atoms with Crippen molar-refractivity contribution in [1.82, 2.24) is 20.3 Å². The molecule has 0 radical (unpaired) electrons. The maximum Gasteiger partial charge on any atom is 0.317 e. The SMILES string of the molecule is C=CC1=C(C)/C(=C/c2[nH]c([C@@H]3c4[nH]c(Cc5[nH]c(C=O)c(C)c5CCO)c(C)c4C(=O)[C@H]3C(=O)OC)c(CCC(=O)OC)c2C)NC1=O. The standard InChI is InChI=1S/C36H40N4O8/c1-8-20-16(2)24(40-35(20)45)13-23-18(4)22(9-10-28(43)47-6)32(38-23)30-31(36(46)48-7)34(44)29-19(5)25(39-33(29)30)14-26-21(11-12-41)17(3)27(15-42)37-26/h8,13,15,30-31,37-39,41H,1,9-12,14H2,2-7H3,(H,40,45)/b24-13-/t30-,31+/m1/s1. The Bertz CT molecular complexity index is 1930. The summed E-state index contributed by atoms with van der Waals surface area (Å²) >= 11 is 0. The van der Waals surface area contributed by atoms with E-state index in [0.29, 0.717) is 63.7 Å².